The highest BCUT2D eigenvalue weighted by Crippen LogP contribution is 2.14. The number of nitrogens with one attached hydrogen (secondary N) is 2. The molecule has 0 heterocycles. The highest BCUT2D eigenvalue weighted by atomic mass is 32.2. The van der Waals surface area contributed by atoms with Crippen LogP contribution in [0.5, 0.6) is 0 Å². The standard InChI is InChI=1S/C13H12N2O4S/c16-13(14-10-4-2-1-3-5-10)15-11-6-8-12(9-7-11)20(17,18)19/h1-9H,(H2,14,15,16)(H,17,18,19). The molecule has 7 heteroatoms. The zero-order valence-electron chi connectivity index (χ0n) is 10.3. The van der Waals surface area contributed by atoms with Gasteiger partial charge in [-0.05, 0) is 36.4 Å². The molecule has 2 amide bonds. The first kappa shape index (κ1) is 14.0. The van der Waals surface area contributed by atoms with Gasteiger partial charge in [-0.3, -0.25) is 4.55 Å². The summed E-state index contributed by atoms with van der Waals surface area (Å²) in [6.45, 7) is 0. The summed E-state index contributed by atoms with van der Waals surface area (Å²) in [5.41, 5.74) is 1.05. The van der Waals surface area contributed by atoms with E-state index in [2.05, 4.69) is 10.6 Å². The lowest BCUT2D eigenvalue weighted by molar-refractivity contribution is 0.262. The number of carbonyl (C=O) groups excluding carboxylic acids is 1. The van der Waals surface area contributed by atoms with E-state index in [1.165, 1.54) is 24.3 Å². The first-order valence-corrected chi connectivity index (χ1v) is 7.10. The Bertz CT molecular complexity index is 697. The van der Waals surface area contributed by atoms with Crippen molar-refractivity contribution in [2.45, 2.75) is 4.90 Å². The monoisotopic (exact) mass is 292 g/mol. The number of carbonyl (C=O) groups is 1. The second-order valence-corrected chi connectivity index (χ2v) is 5.37. The Hall–Kier alpha value is -2.38. The molecule has 3 N–H and O–H groups in total. The average molecular weight is 292 g/mol. The normalized spacial score (nSPS) is 10.8. The van der Waals surface area contributed by atoms with Gasteiger partial charge in [-0.1, -0.05) is 18.2 Å². The lowest BCUT2D eigenvalue weighted by Crippen LogP contribution is -2.19. The minimum atomic E-state index is -4.22. The summed E-state index contributed by atoms with van der Waals surface area (Å²) in [7, 11) is -4.22. The van der Waals surface area contributed by atoms with E-state index in [9.17, 15) is 13.2 Å². The SMILES string of the molecule is O=C(Nc1ccccc1)Nc1ccc(S(=O)(=O)O)cc1. The van der Waals surface area contributed by atoms with E-state index in [1.54, 1.807) is 24.3 Å². The van der Waals surface area contributed by atoms with Crippen LogP contribution >= 0.6 is 0 Å². The summed E-state index contributed by atoms with van der Waals surface area (Å²) in [4.78, 5) is 11.4. The zero-order valence-corrected chi connectivity index (χ0v) is 11.1. The molecule has 2 rings (SSSR count). The summed E-state index contributed by atoms with van der Waals surface area (Å²) in [5, 5.41) is 5.16. The molecule has 20 heavy (non-hydrogen) atoms. The zero-order chi connectivity index (χ0) is 14.6. The molecule has 104 valence electrons. The maximum absolute atomic E-state index is 11.7. The molecule has 0 aliphatic rings. The van der Waals surface area contributed by atoms with Crippen LogP contribution in [-0.4, -0.2) is 19.0 Å². The number of para-hydroxylation sites is 1. The maximum Gasteiger partial charge on any atom is 0.323 e. The van der Waals surface area contributed by atoms with Crippen molar-refractivity contribution in [2.24, 2.45) is 0 Å². The predicted octanol–water partition coefficient (Wildman–Crippen LogP) is 2.58. The van der Waals surface area contributed by atoms with E-state index in [-0.39, 0.29) is 4.90 Å². The Morgan fingerprint density at radius 3 is 1.85 bits per heavy atom. The quantitative estimate of drug-likeness (QED) is 0.758. The van der Waals surface area contributed by atoms with Crippen LogP contribution in [0, 0.1) is 0 Å². The molecule has 0 bridgehead atoms. The van der Waals surface area contributed by atoms with Gasteiger partial charge >= 0.3 is 6.03 Å². The van der Waals surface area contributed by atoms with Gasteiger partial charge in [0.05, 0.1) is 4.90 Å². The maximum atomic E-state index is 11.7. The molecule has 0 atom stereocenters. The number of hydrogen-bond donors (Lipinski definition) is 3. The molecule has 2 aromatic rings. The fourth-order valence-corrected chi connectivity index (χ4v) is 2.01. The summed E-state index contributed by atoms with van der Waals surface area (Å²) >= 11 is 0. The summed E-state index contributed by atoms with van der Waals surface area (Å²) in [6, 6.07) is 13.6. The van der Waals surface area contributed by atoms with Crippen LogP contribution in [0.3, 0.4) is 0 Å². The number of amides is 2. The Morgan fingerprint density at radius 2 is 1.35 bits per heavy atom. The second-order valence-electron chi connectivity index (χ2n) is 3.94. The van der Waals surface area contributed by atoms with E-state index in [1.807, 2.05) is 6.07 Å². The topological polar surface area (TPSA) is 95.5 Å². The van der Waals surface area contributed by atoms with Gasteiger partial charge in [-0.25, -0.2) is 4.79 Å². The van der Waals surface area contributed by atoms with Gasteiger partial charge in [0.1, 0.15) is 0 Å². The Balaban J connectivity index is 2.02. The molecular formula is C13H12N2O4S. The molecule has 0 spiro atoms. The lowest BCUT2D eigenvalue weighted by Gasteiger charge is -2.07. The molecular weight excluding hydrogens is 280 g/mol. The Morgan fingerprint density at radius 1 is 0.850 bits per heavy atom. The first-order chi connectivity index (χ1) is 9.45. The highest BCUT2D eigenvalue weighted by Gasteiger charge is 2.09. The van der Waals surface area contributed by atoms with Crippen molar-refractivity contribution in [3.8, 4) is 0 Å². The van der Waals surface area contributed by atoms with Crippen LogP contribution in [-0.2, 0) is 10.1 Å². The number of urea groups is 1. The van der Waals surface area contributed by atoms with Gasteiger partial charge in [0, 0.05) is 11.4 Å². The van der Waals surface area contributed by atoms with Crippen LogP contribution in [0.4, 0.5) is 16.2 Å². The Kier molecular flexibility index (Phi) is 4.02. The van der Waals surface area contributed by atoms with Crippen LogP contribution in [0.15, 0.2) is 59.5 Å². The van der Waals surface area contributed by atoms with Crippen LogP contribution < -0.4 is 10.6 Å². The summed E-state index contributed by atoms with van der Waals surface area (Å²) in [5.74, 6) is 0. The highest BCUT2D eigenvalue weighted by molar-refractivity contribution is 7.85. The summed E-state index contributed by atoms with van der Waals surface area (Å²) in [6.07, 6.45) is 0. The van der Waals surface area contributed by atoms with Crippen molar-refractivity contribution in [3.63, 3.8) is 0 Å². The molecule has 0 aromatic heterocycles. The van der Waals surface area contributed by atoms with Crippen molar-refractivity contribution in [1.82, 2.24) is 0 Å². The van der Waals surface area contributed by atoms with E-state index in [0.717, 1.165) is 0 Å². The average Bonchev–Trinajstić information content (AvgIpc) is 2.39. The van der Waals surface area contributed by atoms with Gasteiger partial charge in [-0.2, -0.15) is 8.42 Å². The van der Waals surface area contributed by atoms with E-state index >= 15 is 0 Å². The van der Waals surface area contributed by atoms with Crippen molar-refractivity contribution in [2.75, 3.05) is 10.6 Å². The summed E-state index contributed by atoms with van der Waals surface area (Å²) < 4.78 is 30.6. The fourth-order valence-electron chi connectivity index (χ4n) is 1.53. The minimum absolute atomic E-state index is 0.230. The third-order valence-electron chi connectivity index (χ3n) is 2.44. The lowest BCUT2D eigenvalue weighted by atomic mass is 10.3. The predicted molar refractivity (Wildman–Crippen MR) is 75.3 cm³/mol. The number of rotatable bonds is 3. The van der Waals surface area contributed by atoms with Crippen LogP contribution in [0.1, 0.15) is 0 Å². The largest absolute Gasteiger partial charge is 0.323 e. The second kappa shape index (κ2) is 5.72. The van der Waals surface area contributed by atoms with Crippen molar-refractivity contribution < 1.29 is 17.8 Å². The molecule has 0 fully saturated rings. The smallest absolute Gasteiger partial charge is 0.308 e. The Labute approximate surface area is 116 Å². The van der Waals surface area contributed by atoms with E-state index in [4.69, 9.17) is 4.55 Å². The molecule has 0 radical (unpaired) electrons. The molecule has 0 aliphatic carbocycles. The molecule has 0 saturated carbocycles. The minimum Gasteiger partial charge on any atom is -0.308 e. The molecule has 6 nitrogen and oxygen atoms in total. The number of anilines is 2. The third kappa shape index (κ3) is 3.81. The first-order valence-electron chi connectivity index (χ1n) is 5.66. The van der Waals surface area contributed by atoms with Gasteiger partial charge in [-0.15, -0.1) is 0 Å². The van der Waals surface area contributed by atoms with Gasteiger partial charge in [0.25, 0.3) is 10.1 Å². The molecule has 0 aliphatic heterocycles. The fraction of sp³-hybridized carbons (Fsp3) is 0. The van der Waals surface area contributed by atoms with E-state index < -0.39 is 16.1 Å². The van der Waals surface area contributed by atoms with Gasteiger partial charge in [0.15, 0.2) is 0 Å². The van der Waals surface area contributed by atoms with Gasteiger partial charge < -0.3 is 10.6 Å². The van der Waals surface area contributed by atoms with E-state index in [0.29, 0.717) is 11.4 Å². The van der Waals surface area contributed by atoms with Crippen molar-refractivity contribution in [3.05, 3.63) is 54.6 Å². The molecule has 0 unspecified atom stereocenters. The van der Waals surface area contributed by atoms with Gasteiger partial charge in [0.2, 0.25) is 0 Å². The number of benzene rings is 2. The van der Waals surface area contributed by atoms with Crippen molar-refractivity contribution >= 4 is 27.5 Å². The van der Waals surface area contributed by atoms with Crippen LogP contribution in [0.2, 0.25) is 0 Å². The third-order valence-corrected chi connectivity index (χ3v) is 3.31. The number of hydrogen-bond acceptors (Lipinski definition) is 3. The molecule has 0 saturated heterocycles. The van der Waals surface area contributed by atoms with Crippen LogP contribution in [0.25, 0.3) is 0 Å². The molecule has 2 aromatic carbocycles. The van der Waals surface area contributed by atoms with Crippen molar-refractivity contribution in [1.29, 1.82) is 0 Å².